The Kier molecular flexibility index (Phi) is 4.80. The highest BCUT2D eigenvalue weighted by atomic mass is 35.5. The number of hydrogen-bond acceptors (Lipinski definition) is 4. The molecule has 2 heterocycles. The van der Waals surface area contributed by atoms with Crippen molar-refractivity contribution in [2.45, 2.75) is 32.4 Å². The molecule has 1 aromatic heterocycles. The molecule has 1 aromatic rings. The first-order chi connectivity index (χ1) is 8.74. The predicted octanol–water partition coefficient (Wildman–Crippen LogP) is 2.20. The molecular formula is C13H20ClN3O. The molecule has 0 radical (unpaired) electrons. The van der Waals surface area contributed by atoms with E-state index in [1.165, 1.54) is 0 Å². The number of halogens is 1. The van der Waals surface area contributed by atoms with Crippen molar-refractivity contribution in [1.29, 1.82) is 0 Å². The van der Waals surface area contributed by atoms with E-state index >= 15 is 0 Å². The number of nitrogens with two attached hydrogens (primary N) is 1. The average molecular weight is 270 g/mol. The Morgan fingerprint density at radius 3 is 3.00 bits per heavy atom. The van der Waals surface area contributed by atoms with Crippen molar-refractivity contribution in [3.63, 3.8) is 0 Å². The van der Waals surface area contributed by atoms with Crippen molar-refractivity contribution in [1.82, 2.24) is 4.98 Å². The van der Waals surface area contributed by atoms with Crippen LogP contribution in [0.15, 0.2) is 12.3 Å². The number of anilines is 1. The van der Waals surface area contributed by atoms with Crippen molar-refractivity contribution < 1.29 is 4.74 Å². The van der Waals surface area contributed by atoms with Gasteiger partial charge in [0.1, 0.15) is 5.82 Å². The zero-order chi connectivity index (χ0) is 13.0. The molecule has 0 aromatic carbocycles. The van der Waals surface area contributed by atoms with Crippen molar-refractivity contribution in [3.8, 4) is 0 Å². The Labute approximate surface area is 113 Å². The van der Waals surface area contributed by atoms with E-state index in [4.69, 9.17) is 22.1 Å². The first kappa shape index (κ1) is 13.6. The van der Waals surface area contributed by atoms with Gasteiger partial charge in [-0.15, -0.1) is 0 Å². The SMILES string of the molecule is CCN(CC1CCCO1)c1ncc(CN)cc1Cl. The minimum atomic E-state index is 0.303. The lowest BCUT2D eigenvalue weighted by Crippen LogP contribution is -2.32. The van der Waals surface area contributed by atoms with Crippen LogP contribution in [0.25, 0.3) is 0 Å². The number of likely N-dealkylation sites (N-methyl/N-ethyl adjacent to an activating group) is 1. The van der Waals surface area contributed by atoms with Gasteiger partial charge in [0.15, 0.2) is 0 Å². The van der Waals surface area contributed by atoms with Crippen LogP contribution in [0.3, 0.4) is 0 Å². The smallest absolute Gasteiger partial charge is 0.147 e. The molecular weight excluding hydrogens is 250 g/mol. The maximum absolute atomic E-state index is 6.27. The van der Waals surface area contributed by atoms with E-state index in [2.05, 4.69) is 16.8 Å². The monoisotopic (exact) mass is 269 g/mol. The summed E-state index contributed by atoms with van der Waals surface area (Å²) < 4.78 is 5.66. The van der Waals surface area contributed by atoms with Gasteiger partial charge in [0.2, 0.25) is 0 Å². The molecule has 2 N–H and O–H groups in total. The summed E-state index contributed by atoms with van der Waals surface area (Å²) in [7, 11) is 0. The molecule has 1 atom stereocenters. The van der Waals surface area contributed by atoms with Gasteiger partial charge >= 0.3 is 0 Å². The van der Waals surface area contributed by atoms with Crippen LogP contribution in [0.2, 0.25) is 5.02 Å². The summed E-state index contributed by atoms with van der Waals surface area (Å²) in [6, 6.07) is 1.89. The normalized spacial score (nSPS) is 19.2. The third-order valence-electron chi connectivity index (χ3n) is 3.24. The number of hydrogen-bond donors (Lipinski definition) is 1. The maximum atomic E-state index is 6.27. The lowest BCUT2D eigenvalue weighted by molar-refractivity contribution is 0.115. The summed E-state index contributed by atoms with van der Waals surface area (Å²) in [6.45, 7) is 5.16. The highest BCUT2D eigenvalue weighted by Gasteiger charge is 2.20. The molecule has 0 amide bonds. The fraction of sp³-hybridized carbons (Fsp3) is 0.615. The number of nitrogens with zero attached hydrogens (tertiary/aromatic N) is 2. The number of rotatable bonds is 5. The molecule has 18 heavy (non-hydrogen) atoms. The quantitative estimate of drug-likeness (QED) is 0.890. The fourth-order valence-corrected chi connectivity index (χ4v) is 2.52. The molecule has 1 fully saturated rings. The van der Waals surface area contributed by atoms with Crippen LogP contribution in [-0.2, 0) is 11.3 Å². The van der Waals surface area contributed by atoms with Gasteiger partial charge in [0.05, 0.1) is 11.1 Å². The minimum absolute atomic E-state index is 0.303. The van der Waals surface area contributed by atoms with E-state index in [1.54, 1.807) is 6.20 Å². The molecule has 1 unspecified atom stereocenters. The largest absolute Gasteiger partial charge is 0.376 e. The Morgan fingerprint density at radius 1 is 1.61 bits per heavy atom. The van der Waals surface area contributed by atoms with Gasteiger partial charge in [-0.1, -0.05) is 11.6 Å². The third kappa shape index (κ3) is 3.13. The third-order valence-corrected chi connectivity index (χ3v) is 3.52. The Bertz CT molecular complexity index is 394. The molecule has 4 nitrogen and oxygen atoms in total. The zero-order valence-electron chi connectivity index (χ0n) is 10.7. The summed E-state index contributed by atoms with van der Waals surface area (Å²) in [5.74, 6) is 0.826. The molecule has 5 heteroatoms. The second-order valence-electron chi connectivity index (χ2n) is 4.53. The maximum Gasteiger partial charge on any atom is 0.147 e. The van der Waals surface area contributed by atoms with Crippen LogP contribution in [0.1, 0.15) is 25.3 Å². The van der Waals surface area contributed by atoms with Gasteiger partial charge in [0, 0.05) is 32.4 Å². The summed E-state index contributed by atoms with van der Waals surface area (Å²) in [5.41, 5.74) is 6.53. The van der Waals surface area contributed by atoms with Crippen LogP contribution in [0, 0.1) is 0 Å². The average Bonchev–Trinajstić information content (AvgIpc) is 2.89. The summed E-state index contributed by atoms with van der Waals surface area (Å²) in [5, 5.41) is 0.665. The lowest BCUT2D eigenvalue weighted by atomic mass is 10.2. The topological polar surface area (TPSA) is 51.4 Å². The standard InChI is InChI=1S/C13H20ClN3O/c1-2-17(9-11-4-3-5-18-11)13-12(14)6-10(7-15)8-16-13/h6,8,11H,2-5,7,9,15H2,1H3. The van der Waals surface area contributed by atoms with Crippen LogP contribution in [-0.4, -0.2) is 30.8 Å². The summed E-state index contributed by atoms with van der Waals surface area (Å²) in [6.07, 6.45) is 4.36. The second-order valence-corrected chi connectivity index (χ2v) is 4.93. The van der Waals surface area contributed by atoms with E-state index < -0.39 is 0 Å². The van der Waals surface area contributed by atoms with E-state index in [9.17, 15) is 0 Å². The number of ether oxygens (including phenoxy) is 1. The summed E-state index contributed by atoms with van der Waals surface area (Å²) in [4.78, 5) is 6.59. The van der Waals surface area contributed by atoms with Crippen molar-refractivity contribution in [2.24, 2.45) is 5.73 Å². The van der Waals surface area contributed by atoms with Gasteiger partial charge in [-0.2, -0.15) is 0 Å². The molecule has 0 aliphatic carbocycles. The Morgan fingerprint density at radius 2 is 2.44 bits per heavy atom. The number of pyridine rings is 1. The molecule has 0 saturated carbocycles. The van der Waals surface area contributed by atoms with E-state index in [0.717, 1.165) is 43.9 Å². The Hall–Kier alpha value is -0.840. The molecule has 1 aliphatic rings. The van der Waals surface area contributed by atoms with Gasteiger partial charge in [-0.25, -0.2) is 4.98 Å². The van der Waals surface area contributed by atoms with Gasteiger partial charge in [-0.3, -0.25) is 0 Å². The molecule has 100 valence electrons. The first-order valence-electron chi connectivity index (χ1n) is 6.45. The van der Waals surface area contributed by atoms with Crippen LogP contribution in [0.5, 0.6) is 0 Å². The second kappa shape index (κ2) is 6.36. The molecule has 0 bridgehead atoms. The van der Waals surface area contributed by atoms with Crippen LogP contribution >= 0.6 is 11.6 Å². The molecule has 1 aliphatic heterocycles. The highest BCUT2D eigenvalue weighted by Crippen LogP contribution is 2.25. The first-order valence-corrected chi connectivity index (χ1v) is 6.83. The van der Waals surface area contributed by atoms with E-state index in [0.29, 0.717) is 17.7 Å². The highest BCUT2D eigenvalue weighted by molar-refractivity contribution is 6.33. The van der Waals surface area contributed by atoms with E-state index in [-0.39, 0.29) is 0 Å². The number of aromatic nitrogens is 1. The zero-order valence-corrected chi connectivity index (χ0v) is 11.5. The molecule has 0 spiro atoms. The van der Waals surface area contributed by atoms with Gasteiger partial charge < -0.3 is 15.4 Å². The minimum Gasteiger partial charge on any atom is -0.376 e. The Balaban J connectivity index is 2.10. The van der Waals surface area contributed by atoms with E-state index in [1.807, 2.05) is 6.07 Å². The molecule has 1 saturated heterocycles. The summed E-state index contributed by atoms with van der Waals surface area (Å²) >= 11 is 6.27. The van der Waals surface area contributed by atoms with Crippen molar-refractivity contribution >= 4 is 17.4 Å². The fourth-order valence-electron chi connectivity index (χ4n) is 2.21. The lowest BCUT2D eigenvalue weighted by Gasteiger charge is -2.25. The van der Waals surface area contributed by atoms with Gasteiger partial charge in [0.25, 0.3) is 0 Å². The predicted molar refractivity (Wildman–Crippen MR) is 74.0 cm³/mol. The van der Waals surface area contributed by atoms with Crippen LogP contribution < -0.4 is 10.6 Å². The van der Waals surface area contributed by atoms with Crippen molar-refractivity contribution in [2.75, 3.05) is 24.6 Å². The van der Waals surface area contributed by atoms with Crippen molar-refractivity contribution in [3.05, 3.63) is 22.8 Å². The van der Waals surface area contributed by atoms with Crippen LogP contribution in [0.4, 0.5) is 5.82 Å². The van der Waals surface area contributed by atoms with Gasteiger partial charge in [-0.05, 0) is 31.4 Å². The molecule has 2 rings (SSSR count).